The minimum absolute atomic E-state index is 0.0401. The van der Waals surface area contributed by atoms with Crippen molar-refractivity contribution in [2.24, 2.45) is 0 Å². The number of carboxylic acids is 1. The molecule has 0 unspecified atom stereocenters. The van der Waals surface area contributed by atoms with Crippen LogP contribution >= 0.6 is 11.6 Å². The van der Waals surface area contributed by atoms with Crippen LogP contribution in [-0.2, 0) is 4.79 Å². The standard InChI is InChI=1S/C18H15ClN2O4/c1-10(2)21-17(22)12(9-20)7-13-4-6-16(25-13)11-3-5-15(19)14(8-11)18(23)24/h3-8,10H,1-2H3,(H,21,22)(H,23,24)/b12-7+. The lowest BCUT2D eigenvalue weighted by molar-refractivity contribution is -0.117. The van der Waals surface area contributed by atoms with Crippen molar-refractivity contribution in [3.63, 3.8) is 0 Å². The van der Waals surface area contributed by atoms with Gasteiger partial charge < -0.3 is 14.8 Å². The number of rotatable bonds is 5. The van der Waals surface area contributed by atoms with Crippen molar-refractivity contribution in [3.8, 4) is 17.4 Å². The normalized spacial score (nSPS) is 11.2. The van der Waals surface area contributed by atoms with Gasteiger partial charge in [0.05, 0.1) is 10.6 Å². The molecule has 0 spiro atoms. The van der Waals surface area contributed by atoms with Crippen LogP contribution in [0.25, 0.3) is 17.4 Å². The number of halogens is 1. The Kier molecular flexibility index (Phi) is 5.63. The third kappa shape index (κ3) is 4.49. The molecule has 2 N–H and O–H groups in total. The number of nitrogens with zero attached hydrogens (tertiary/aromatic N) is 1. The molecular weight excluding hydrogens is 344 g/mol. The fraction of sp³-hybridized carbons (Fsp3) is 0.167. The van der Waals surface area contributed by atoms with Gasteiger partial charge in [0.2, 0.25) is 0 Å². The first-order chi connectivity index (χ1) is 11.8. The molecule has 0 bridgehead atoms. The summed E-state index contributed by atoms with van der Waals surface area (Å²) >= 11 is 5.85. The van der Waals surface area contributed by atoms with E-state index in [0.717, 1.165) is 0 Å². The Morgan fingerprint density at radius 3 is 2.64 bits per heavy atom. The number of nitriles is 1. The third-order valence-electron chi connectivity index (χ3n) is 3.18. The Hall–Kier alpha value is -3.04. The Morgan fingerprint density at radius 1 is 1.32 bits per heavy atom. The van der Waals surface area contributed by atoms with Crippen molar-refractivity contribution in [2.75, 3.05) is 0 Å². The Bertz CT molecular complexity index is 891. The van der Waals surface area contributed by atoms with Gasteiger partial charge in [-0.25, -0.2) is 4.79 Å². The zero-order chi connectivity index (χ0) is 18.6. The van der Waals surface area contributed by atoms with Crippen LogP contribution in [0.2, 0.25) is 5.02 Å². The summed E-state index contributed by atoms with van der Waals surface area (Å²) in [7, 11) is 0. The van der Waals surface area contributed by atoms with E-state index in [1.165, 1.54) is 18.2 Å². The number of hydrogen-bond donors (Lipinski definition) is 2. The van der Waals surface area contributed by atoms with Gasteiger partial charge in [0.1, 0.15) is 23.2 Å². The molecule has 0 radical (unpaired) electrons. The van der Waals surface area contributed by atoms with E-state index in [0.29, 0.717) is 17.1 Å². The first-order valence-electron chi connectivity index (χ1n) is 7.37. The van der Waals surface area contributed by atoms with Gasteiger partial charge in [0.15, 0.2) is 0 Å². The Morgan fingerprint density at radius 2 is 2.04 bits per heavy atom. The van der Waals surface area contributed by atoms with Crippen LogP contribution in [0.15, 0.2) is 40.3 Å². The topological polar surface area (TPSA) is 103 Å². The molecule has 6 nitrogen and oxygen atoms in total. The molecule has 25 heavy (non-hydrogen) atoms. The van der Waals surface area contributed by atoms with Gasteiger partial charge in [-0.3, -0.25) is 4.79 Å². The molecule has 7 heteroatoms. The lowest BCUT2D eigenvalue weighted by Gasteiger charge is -2.06. The summed E-state index contributed by atoms with van der Waals surface area (Å²) in [5.74, 6) is -0.935. The van der Waals surface area contributed by atoms with Crippen LogP contribution in [0.3, 0.4) is 0 Å². The smallest absolute Gasteiger partial charge is 0.337 e. The lowest BCUT2D eigenvalue weighted by atomic mass is 10.1. The van der Waals surface area contributed by atoms with Crippen molar-refractivity contribution in [1.82, 2.24) is 5.32 Å². The molecule has 0 aliphatic rings. The van der Waals surface area contributed by atoms with Crippen molar-refractivity contribution in [2.45, 2.75) is 19.9 Å². The van der Waals surface area contributed by atoms with Gasteiger partial charge >= 0.3 is 5.97 Å². The minimum Gasteiger partial charge on any atom is -0.478 e. The van der Waals surface area contributed by atoms with E-state index in [-0.39, 0.29) is 22.2 Å². The van der Waals surface area contributed by atoms with Gasteiger partial charge in [-0.1, -0.05) is 11.6 Å². The number of carboxylic acid groups (broad SMARTS) is 1. The summed E-state index contributed by atoms with van der Waals surface area (Å²) in [5, 5.41) is 21.0. The van der Waals surface area contributed by atoms with Gasteiger partial charge in [0.25, 0.3) is 5.91 Å². The maximum absolute atomic E-state index is 11.9. The molecule has 1 aromatic heterocycles. The van der Waals surface area contributed by atoms with E-state index in [1.807, 2.05) is 6.07 Å². The quantitative estimate of drug-likeness (QED) is 0.626. The SMILES string of the molecule is CC(C)NC(=O)/C(C#N)=C/c1ccc(-c2ccc(Cl)c(C(=O)O)c2)o1. The summed E-state index contributed by atoms with van der Waals surface area (Å²) < 4.78 is 5.59. The number of amides is 1. The van der Waals surface area contributed by atoms with E-state index < -0.39 is 11.9 Å². The first kappa shape index (κ1) is 18.3. The molecule has 1 amide bonds. The molecule has 0 atom stereocenters. The predicted molar refractivity (Wildman–Crippen MR) is 93.0 cm³/mol. The van der Waals surface area contributed by atoms with E-state index >= 15 is 0 Å². The van der Waals surface area contributed by atoms with Crippen LogP contribution in [0.1, 0.15) is 30.0 Å². The molecule has 2 rings (SSSR count). The monoisotopic (exact) mass is 358 g/mol. The molecule has 0 fully saturated rings. The highest BCUT2D eigenvalue weighted by Crippen LogP contribution is 2.27. The van der Waals surface area contributed by atoms with Crippen LogP contribution in [0.4, 0.5) is 0 Å². The van der Waals surface area contributed by atoms with Crippen LogP contribution in [0.5, 0.6) is 0 Å². The predicted octanol–water partition coefficient (Wildman–Crippen LogP) is 3.73. The van der Waals surface area contributed by atoms with Gasteiger partial charge in [-0.05, 0) is 44.2 Å². The van der Waals surface area contributed by atoms with Gasteiger partial charge in [0, 0.05) is 17.7 Å². The van der Waals surface area contributed by atoms with Crippen LogP contribution in [0, 0.1) is 11.3 Å². The average Bonchev–Trinajstić information content (AvgIpc) is 3.00. The number of carbonyl (C=O) groups excluding carboxylic acids is 1. The molecule has 128 valence electrons. The fourth-order valence-electron chi connectivity index (χ4n) is 2.06. The van der Waals surface area contributed by atoms with Crippen molar-refractivity contribution < 1.29 is 19.1 Å². The average molecular weight is 359 g/mol. The summed E-state index contributed by atoms with van der Waals surface area (Å²) in [6.45, 7) is 3.58. The molecule has 2 aromatic rings. The minimum atomic E-state index is -1.14. The van der Waals surface area contributed by atoms with Crippen LogP contribution in [-0.4, -0.2) is 23.0 Å². The van der Waals surface area contributed by atoms with E-state index in [1.54, 1.807) is 32.0 Å². The van der Waals surface area contributed by atoms with Gasteiger partial charge in [-0.2, -0.15) is 5.26 Å². The molecule has 0 saturated carbocycles. The highest BCUT2D eigenvalue weighted by atomic mass is 35.5. The third-order valence-corrected chi connectivity index (χ3v) is 3.51. The van der Waals surface area contributed by atoms with Crippen molar-refractivity contribution >= 4 is 29.6 Å². The van der Waals surface area contributed by atoms with E-state index in [9.17, 15) is 9.59 Å². The number of carbonyl (C=O) groups is 2. The number of nitrogens with one attached hydrogen (secondary N) is 1. The molecule has 1 heterocycles. The van der Waals surface area contributed by atoms with Crippen molar-refractivity contribution in [3.05, 3.63) is 52.3 Å². The second kappa shape index (κ2) is 7.69. The Balaban J connectivity index is 2.32. The fourth-order valence-corrected chi connectivity index (χ4v) is 2.26. The molecule has 0 aliphatic heterocycles. The highest BCUT2D eigenvalue weighted by Gasteiger charge is 2.14. The zero-order valence-electron chi connectivity index (χ0n) is 13.5. The summed E-state index contributed by atoms with van der Waals surface area (Å²) in [6.07, 6.45) is 1.33. The molecule has 0 aliphatic carbocycles. The molecule has 1 aromatic carbocycles. The molecular formula is C18H15ClN2O4. The maximum Gasteiger partial charge on any atom is 0.337 e. The largest absolute Gasteiger partial charge is 0.478 e. The van der Waals surface area contributed by atoms with E-state index in [2.05, 4.69) is 5.32 Å². The summed E-state index contributed by atoms with van der Waals surface area (Å²) in [6, 6.07) is 9.43. The lowest BCUT2D eigenvalue weighted by Crippen LogP contribution is -2.30. The zero-order valence-corrected chi connectivity index (χ0v) is 14.3. The van der Waals surface area contributed by atoms with Crippen LogP contribution < -0.4 is 5.32 Å². The number of benzene rings is 1. The van der Waals surface area contributed by atoms with Gasteiger partial charge in [-0.15, -0.1) is 0 Å². The van der Waals surface area contributed by atoms with E-state index in [4.69, 9.17) is 26.4 Å². The highest BCUT2D eigenvalue weighted by molar-refractivity contribution is 6.33. The number of furan rings is 1. The van der Waals surface area contributed by atoms with Crippen molar-refractivity contribution in [1.29, 1.82) is 5.26 Å². The Labute approximate surface area is 149 Å². The second-order valence-corrected chi connectivity index (χ2v) is 5.91. The molecule has 0 saturated heterocycles. The summed E-state index contributed by atoms with van der Waals surface area (Å²) in [4.78, 5) is 23.1. The number of hydrogen-bond acceptors (Lipinski definition) is 4. The number of aromatic carboxylic acids is 1. The summed E-state index contributed by atoms with van der Waals surface area (Å²) in [5.41, 5.74) is 0.394. The second-order valence-electron chi connectivity index (χ2n) is 5.50. The maximum atomic E-state index is 11.9. The first-order valence-corrected chi connectivity index (χ1v) is 7.75.